The zero-order chi connectivity index (χ0) is 18.7. The molecule has 0 aliphatic rings. The lowest BCUT2D eigenvalue weighted by Gasteiger charge is -2.07. The molecule has 5 nitrogen and oxygen atoms in total. The molecule has 0 aliphatic heterocycles. The number of amides is 1. The SMILES string of the molecule is NCc1ccccc1CC(=O)Nc1nc2ccc(OC(F)(F)F)cc2s1. The van der Waals surface area contributed by atoms with Crippen LogP contribution in [0.3, 0.4) is 0 Å². The molecular weight excluding hydrogens is 367 g/mol. The zero-order valence-corrected chi connectivity index (χ0v) is 14.2. The molecule has 3 N–H and O–H groups in total. The minimum atomic E-state index is -4.76. The van der Waals surface area contributed by atoms with Crippen LogP contribution >= 0.6 is 11.3 Å². The van der Waals surface area contributed by atoms with E-state index in [1.54, 1.807) is 0 Å². The van der Waals surface area contributed by atoms with Gasteiger partial charge in [-0.15, -0.1) is 13.2 Å². The van der Waals surface area contributed by atoms with Crippen LogP contribution in [0.4, 0.5) is 18.3 Å². The number of rotatable bonds is 5. The van der Waals surface area contributed by atoms with Crippen molar-refractivity contribution in [3.05, 3.63) is 53.6 Å². The summed E-state index contributed by atoms with van der Waals surface area (Å²) in [6.07, 6.45) is -4.63. The Morgan fingerprint density at radius 2 is 1.92 bits per heavy atom. The van der Waals surface area contributed by atoms with Gasteiger partial charge in [0.15, 0.2) is 5.13 Å². The second kappa shape index (κ2) is 7.30. The van der Waals surface area contributed by atoms with Gasteiger partial charge < -0.3 is 15.8 Å². The summed E-state index contributed by atoms with van der Waals surface area (Å²) in [5.41, 5.74) is 7.82. The van der Waals surface area contributed by atoms with Gasteiger partial charge in [0.05, 0.1) is 16.6 Å². The lowest BCUT2D eigenvalue weighted by atomic mass is 10.0. The normalized spacial score (nSPS) is 11.5. The van der Waals surface area contributed by atoms with Crippen LogP contribution < -0.4 is 15.8 Å². The average molecular weight is 381 g/mol. The summed E-state index contributed by atoms with van der Waals surface area (Å²) < 4.78 is 41.2. The molecule has 3 rings (SSSR count). The molecule has 9 heteroatoms. The van der Waals surface area contributed by atoms with Crippen LogP contribution in [0, 0.1) is 0 Å². The van der Waals surface area contributed by atoms with E-state index in [-0.39, 0.29) is 18.1 Å². The van der Waals surface area contributed by atoms with Crippen LogP contribution in [0.1, 0.15) is 11.1 Å². The molecule has 1 aromatic heterocycles. The number of nitrogens with one attached hydrogen (secondary N) is 1. The first-order valence-electron chi connectivity index (χ1n) is 7.57. The highest BCUT2D eigenvalue weighted by molar-refractivity contribution is 7.22. The molecule has 3 aromatic rings. The largest absolute Gasteiger partial charge is 0.573 e. The summed E-state index contributed by atoms with van der Waals surface area (Å²) in [6, 6.07) is 11.2. The predicted octanol–water partition coefficient (Wildman–Crippen LogP) is 3.83. The van der Waals surface area contributed by atoms with E-state index in [0.29, 0.717) is 21.9 Å². The van der Waals surface area contributed by atoms with E-state index in [4.69, 9.17) is 5.73 Å². The van der Waals surface area contributed by atoms with Gasteiger partial charge in [-0.25, -0.2) is 4.98 Å². The third-order valence-electron chi connectivity index (χ3n) is 3.53. The summed E-state index contributed by atoms with van der Waals surface area (Å²) in [6.45, 7) is 0.326. The number of nitrogens with two attached hydrogens (primary N) is 1. The number of hydrogen-bond acceptors (Lipinski definition) is 5. The zero-order valence-electron chi connectivity index (χ0n) is 13.3. The molecule has 0 unspecified atom stereocenters. The number of carbonyl (C=O) groups excluding carboxylic acids is 1. The standard InChI is InChI=1S/C17H14F3N3O2S/c18-17(19,20)25-12-5-6-13-14(8-12)26-16(22-13)23-15(24)7-10-3-1-2-4-11(10)9-21/h1-6,8H,7,9,21H2,(H,22,23,24). The summed E-state index contributed by atoms with van der Waals surface area (Å²) in [4.78, 5) is 16.4. The number of benzene rings is 2. The van der Waals surface area contributed by atoms with Gasteiger partial charge in [0, 0.05) is 12.6 Å². The monoisotopic (exact) mass is 381 g/mol. The van der Waals surface area contributed by atoms with Crippen molar-refractivity contribution in [2.75, 3.05) is 5.32 Å². The van der Waals surface area contributed by atoms with E-state index in [1.165, 1.54) is 18.2 Å². The van der Waals surface area contributed by atoms with E-state index in [0.717, 1.165) is 22.5 Å². The maximum atomic E-state index is 12.3. The van der Waals surface area contributed by atoms with Crippen LogP contribution in [-0.2, 0) is 17.8 Å². The fourth-order valence-corrected chi connectivity index (χ4v) is 3.33. The molecule has 0 saturated heterocycles. The van der Waals surface area contributed by atoms with E-state index >= 15 is 0 Å². The van der Waals surface area contributed by atoms with Gasteiger partial charge in [-0.1, -0.05) is 35.6 Å². The predicted molar refractivity (Wildman–Crippen MR) is 93.0 cm³/mol. The fraction of sp³-hybridized carbons (Fsp3) is 0.176. The minimum absolute atomic E-state index is 0.131. The number of carbonyl (C=O) groups is 1. The number of aromatic nitrogens is 1. The topological polar surface area (TPSA) is 77.2 Å². The number of nitrogens with zero attached hydrogens (tertiary/aromatic N) is 1. The van der Waals surface area contributed by atoms with Crippen LogP contribution in [0.2, 0.25) is 0 Å². The van der Waals surface area contributed by atoms with Gasteiger partial charge in [-0.05, 0) is 23.3 Å². The van der Waals surface area contributed by atoms with Crippen molar-refractivity contribution >= 4 is 32.6 Å². The maximum absolute atomic E-state index is 12.3. The summed E-state index contributed by atoms with van der Waals surface area (Å²) in [5, 5.41) is 2.97. The highest BCUT2D eigenvalue weighted by atomic mass is 32.1. The Bertz CT molecular complexity index is 940. The molecule has 0 aliphatic carbocycles. The van der Waals surface area contributed by atoms with E-state index in [2.05, 4.69) is 15.0 Å². The van der Waals surface area contributed by atoms with Crippen molar-refractivity contribution in [1.82, 2.24) is 4.98 Å². The van der Waals surface area contributed by atoms with Crippen molar-refractivity contribution in [2.24, 2.45) is 5.73 Å². The van der Waals surface area contributed by atoms with Crippen LogP contribution in [0.25, 0.3) is 10.2 Å². The summed E-state index contributed by atoms with van der Waals surface area (Å²) in [7, 11) is 0. The lowest BCUT2D eigenvalue weighted by Crippen LogP contribution is -2.16. The van der Waals surface area contributed by atoms with E-state index in [1.807, 2.05) is 24.3 Å². The quantitative estimate of drug-likeness (QED) is 0.704. The number of halogens is 3. The number of anilines is 1. The summed E-state index contributed by atoms with van der Waals surface area (Å²) in [5.74, 6) is -0.611. The first kappa shape index (κ1) is 18.2. The molecule has 1 heterocycles. The van der Waals surface area contributed by atoms with Gasteiger partial charge in [0.25, 0.3) is 0 Å². The van der Waals surface area contributed by atoms with Crippen molar-refractivity contribution in [2.45, 2.75) is 19.3 Å². The first-order chi connectivity index (χ1) is 12.3. The molecule has 0 saturated carbocycles. The Morgan fingerprint density at radius 3 is 2.62 bits per heavy atom. The average Bonchev–Trinajstić information content (AvgIpc) is 2.95. The molecule has 1 amide bonds. The Morgan fingerprint density at radius 1 is 1.19 bits per heavy atom. The number of alkyl halides is 3. The highest BCUT2D eigenvalue weighted by Gasteiger charge is 2.31. The van der Waals surface area contributed by atoms with Crippen molar-refractivity contribution in [1.29, 1.82) is 0 Å². The second-order valence-electron chi connectivity index (χ2n) is 5.39. The van der Waals surface area contributed by atoms with Crippen molar-refractivity contribution < 1.29 is 22.7 Å². The second-order valence-corrected chi connectivity index (χ2v) is 6.42. The van der Waals surface area contributed by atoms with Crippen molar-refractivity contribution in [3.63, 3.8) is 0 Å². The molecule has 0 atom stereocenters. The molecule has 26 heavy (non-hydrogen) atoms. The number of fused-ring (bicyclic) bond motifs is 1. The smallest absolute Gasteiger partial charge is 0.406 e. The maximum Gasteiger partial charge on any atom is 0.573 e. The molecular formula is C17H14F3N3O2S. The highest BCUT2D eigenvalue weighted by Crippen LogP contribution is 2.31. The molecule has 0 fully saturated rings. The van der Waals surface area contributed by atoms with Crippen LogP contribution in [0.5, 0.6) is 5.75 Å². The van der Waals surface area contributed by atoms with Gasteiger partial charge >= 0.3 is 6.36 Å². The fourth-order valence-electron chi connectivity index (χ4n) is 2.42. The third-order valence-corrected chi connectivity index (χ3v) is 4.46. The van der Waals surface area contributed by atoms with E-state index in [9.17, 15) is 18.0 Å². The minimum Gasteiger partial charge on any atom is -0.406 e. The van der Waals surface area contributed by atoms with Crippen LogP contribution in [0.15, 0.2) is 42.5 Å². The summed E-state index contributed by atoms with van der Waals surface area (Å²) >= 11 is 1.07. The molecule has 136 valence electrons. The van der Waals surface area contributed by atoms with Crippen LogP contribution in [-0.4, -0.2) is 17.3 Å². The van der Waals surface area contributed by atoms with Crippen molar-refractivity contribution in [3.8, 4) is 5.75 Å². The molecule has 0 bridgehead atoms. The van der Waals surface area contributed by atoms with E-state index < -0.39 is 6.36 Å². The van der Waals surface area contributed by atoms with Gasteiger partial charge in [-0.3, -0.25) is 4.79 Å². The first-order valence-corrected chi connectivity index (χ1v) is 8.39. The number of hydrogen-bond donors (Lipinski definition) is 2. The lowest BCUT2D eigenvalue weighted by molar-refractivity contribution is -0.274. The third kappa shape index (κ3) is 4.50. The van der Waals surface area contributed by atoms with Gasteiger partial charge in [0.1, 0.15) is 5.75 Å². The van der Waals surface area contributed by atoms with Gasteiger partial charge in [-0.2, -0.15) is 0 Å². The molecule has 0 spiro atoms. The Hall–Kier alpha value is -2.65. The Labute approximate surface area is 150 Å². The van der Waals surface area contributed by atoms with Gasteiger partial charge in [0.2, 0.25) is 5.91 Å². The number of thiazole rings is 1. The Kier molecular flexibility index (Phi) is 5.10. The molecule has 0 radical (unpaired) electrons. The Balaban J connectivity index is 1.73. The molecule has 2 aromatic carbocycles. The number of ether oxygens (including phenoxy) is 1.